The quantitative estimate of drug-likeness (QED) is 0.678. The molecule has 4 rings (SSSR count). The van der Waals surface area contributed by atoms with Crippen molar-refractivity contribution in [1.29, 1.82) is 0 Å². The lowest BCUT2D eigenvalue weighted by Gasteiger charge is -2.31. The maximum atomic E-state index is 12.6. The van der Waals surface area contributed by atoms with Crippen LogP contribution in [0.1, 0.15) is 72.2 Å². The molecule has 1 fully saturated rings. The zero-order chi connectivity index (χ0) is 18.6. The summed E-state index contributed by atoms with van der Waals surface area (Å²) < 4.78 is 0. The summed E-state index contributed by atoms with van der Waals surface area (Å²) in [5.41, 5.74) is 3.13. The average molecular weight is 405 g/mol. The van der Waals surface area contributed by atoms with E-state index in [2.05, 4.69) is 23.3 Å². The number of hydrogen-bond acceptors (Lipinski definition) is 4. The summed E-state index contributed by atoms with van der Waals surface area (Å²) in [5.74, 6) is 1.10. The fraction of sp³-hybridized carbons (Fsp3) is 0.682. The van der Waals surface area contributed by atoms with Gasteiger partial charge in [0.25, 0.3) is 5.91 Å². The van der Waals surface area contributed by atoms with Crippen LogP contribution >= 0.6 is 23.1 Å². The zero-order valence-electron chi connectivity index (χ0n) is 16.5. The van der Waals surface area contributed by atoms with Crippen LogP contribution in [0.2, 0.25) is 0 Å². The lowest BCUT2D eigenvalue weighted by Crippen LogP contribution is -2.36. The van der Waals surface area contributed by atoms with E-state index in [4.69, 9.17) is 0 Å². The molecule has 1 saturated carbocycles. The SMILES string of the molecule is CN(CCCNC(=O)C1=Cc2sc3c(c2CS1)CCCC3)C1CCCCC1. The molecular weight excluding hydrogens is 372 g/mol. The molecule has 0 unspecified atom stereocenters. The molecule has 1 aliphatic heterocycles. The van der Waals surface area contributed by atoms with Crippen LogP contribution in [0.3, 0.4) is 0 Å². The number of carbonyl (C=O) groups excluding carboxylic acids is 1. The van der Waals surface area contributed by atoms with Crippen molar-refractivity contribution in [3.8, 4) is 0 Å². The summed E-state index contributed by atoms with van der Waals surface area (Å²) in [6.45, 7) is 1.86. The van der Waals surface area contributed by atoms with Crippen molar-refractivity contribution in [2.75, 3.05) is 20.1 Å². The Labute approximate surface area is 172 Å². The van der Waals surface area contributed by atoms with Gasteiger partial charge in [0, 0.05) is 28.1 Å². The Balaban J connectivity index is 1.26. The highest BCUT2D eigenvalue weighted by molar-refractivity contribution is 8.03. The molecule has 1 aromatic heterocycles. The zero-order valence-corrected chi connectivity index (χ0v) is 18.2. The minimum atomic E-state index is 0.123. The van der Waals surface area contributed by atoms with Crippen molar-refractivity contribution in [1.82, 2.24) is 10.2 Å². The van der Waals surface area contributed by atoms with Crippen LogP contribution in [0.4, 0.5) is 0 Å². The van der Waals surface area contributed by atoms with E-state index >= 15 is 0 Å². The normalized spacial score (nSPS) is 20.1. The number of nitrogens with zero attached hydrogens (tertiary/aromatic N) is 1. The smallest absolute Gasteiger partial charge is 0.257 e. The van der Waals surface area contributed by atoms with Crippen molar-refractivity contribution >= 4 is 35.1 Å². The molecule has 5 heteroatoms. The molecule has 2 aliphatic carbocycles. The number of hydrogen-bond donors (Lipinski definition) is 1. The topological polar surface area (TPSA) is 32.3 Å². The van der Waals surface area contributed by atoms with Gasteiger partial charge in [0.1, 0.15) is 0 Å². The fourth-order valence-corrected chi connectivity index (χ4v) is 7.25. The standard InChI is InChI=1S/C22H32N2OS2/c1-24(16-8-3-2-4-9-16)13-7-12-23-22(25)21-14-20-18(15-26-21)17-10-5-6-11-19(17)27-20/h14,16H,2-13,15H2,1H3,(H,23,25). The Hall–Kier alpha value is -0.780. The summed E-state index contributed by atoms with van der Waals surface area (Å²) in [7, 11) is 2.25. The molecule has 0 bridgehead atoms. The third-order valence-corrected chi connectivity index (χ3v) is 8.67. The number of carbonyl (C=O) groups is 1. The number of nitrogens with one attached hydrogen (secondary N) is 1. The Morgan fingerprint density at radius 2 is 1.96 bits per heavy atom. The lowest BCUT2D eigenvalue weighted by atomic mass is 9.94. The van der Waals surface area contributed by atoms with Gasteiger partial charge in [0.2, 0.25) is 0 Å². The van der Waals surface area contributed by atoms with Crippen LogP contribution < -0.4 is 5.32 Å². The monoisotopic (exact) mass is 404 g/mol. The number of rotatable bonds is 6. The maximum Gasteiger partial charge on any atom is 0.257 e. The predicted molar refractivity (Wildman–Crippen MR) is 117 cm³/mol. The van der Waals surface area contributed by atoms with E-state index in [1.54, 1.807) is 22.2 Å². The van der Waals surface area contributed by atoms with E-state index in [0.717, 1.165) is 36.2 Å². The molecule has 3 nitrogen and oxygen atoms in total. The van der Waals surface area contributed by atoms with Gasteiger partial charge in [-0.2, -0.15) is 0 Å². The first-order chi connectivity index (χ1) is 13.2. The molecule has 3 aliphatic rings. The molecule has 27 heavy (non-hydrogen) atoms. The van der Waals surface area contributed by atoms with Gasteiger partial charge in [-0.3, -0.25) is 4.79 Å². The predicted octanol–water partition coefficient (Wildman–Crippen LogP) is 4.99. The van der Waals surface area contributed by atoms with Gasteiger partial charge < -0.3 is 10.2 Å². The van der Waals surface area contributed by atoms with Crippen molar-refractivity contribution < 1.29 is 4.79 Å². The van der Waals surface area contributed by atoms with E-state index in [9.17, 15) is 4.79 Å². The fourth-order valence-electron chi connectivity index (χ4n) is 4.69. The van der Waals surface area contributed by atoms with Gasteiger partial charge in [-0.05, 0) is 75.7 Å². The molecule has 1 N–H and O–H groups in total. The van der Waals surface area contributed by atoms with Crippen LogP contribution in [0.5, 0.6) is 0 Å². The Kier molecular flexibility index (Phi) is 6.62. The third kappa shape index (κ3) is 4.63. The second kappa shape index (κ2) is 9.15. The van der Waals surface area contributed by atoms with Gasteiger partial charge in [-0.1, -0.05) is 19.3 Å². The molecule has 0 spiro atoms. The highest BCUT2D eigenvalue weighted by Gasteiger charge is 2.25. The van der Waals surface area contributed by atoms with Crippen LogP contribution in [0.25, 0.3) is 6.08 Å². The van der Waals surface area contributed by atoms with Gasteiger partial charge in [0.15, 0.2) is 0 Å². The molecule has 148 valence electrons. The average Bonchev–Trinajstić information content (AvgIpc) is 3.09. The molecular formula is C22H32N2OS2. The number of amides is 1. The van der Waals surface area contributed by atoms with E-state index in [1.165, 1.54) is 68.2 Å². The maximum absolute atomic E-state index is 12.6. The second-order valence-corrected chi connectivity index (χ2v) is 10.4. The van der Waals surface area contributed by atoms with Gasteiger partial charge in [-0.15, -0.1) is 23.1 Å². The first-order valence-corrected chi connectivity index (χ1v) is 12.5. The Morgan fingerprint density at radius 3 is 2.81 bits per heavy atom. The molecule has 2 heterocycles. The van der Waals surface area contributed by atoms with Crippen molar-refractivity contribution in [3.05, 3.63) is 25.8 Å². The van der Waals surface area contributed by atoms with E-state index in [1.807, 2.05) is 11.3 Å². The summed E-state index contributed by atoms with van der Waals surface area (Å²) >= 11 is 3.65. The van der Waals surface area contributed by atoms with Gasteiger partial charge in [0.05, 0.1) is 4.91 Å². The summed E-state index contributed by atoms with van der Waals surface area (Å²) in [4.78, 5) is 18.9. The molecule has 0 aromatic carbocycles. The molecule has 0 saturated heterocycles. The summed E-state index contributed by atoms with van der Waals surface area (Å²) in [6, 6.07) is 0.759. The van der Waals surface area contributed by atoms with E-state index in [0.29, 0.717) is 0 Å². The van der Waals surface area contributed by atoms with Gasteiger partial charge in [-0.25, -0.2) is 0 Å². The number of fused-ring (bicyclic) bond motifs is 3. The molecule has 0 radical (unpaired) electrons. The van der Waals surface area contributed by atoms with Gasteiger partial charge >= 0.3 is 0 Å². The first kappa shape index (κ1) is 19.5. The van der Waals surface area contributed by atoms with Crippen LogP contribution in [0.15, 0.2) is 4.91 Å². The highest BCUT2D eigenvalue weighted by Crippen LogP contribution is 2.42. The molecule has 1 amide bonds. The number of thioether (sulfide) groups is 1. The van der Waals surface area contributed by atoms with Crippen LogP contribution in [-0.4, -0.2) is 37.0 Å². The minimum Gasteiger partial charge on any atom is -0.352 e. The van der Waals surface area contributed by atoms with E-state index in [-0.39, 0.29) is 5.91 Å². The molecule has 1 aromatic rings. The first-order valence-electron chi connectivity index (χ1n) is 10.7. The van der Waals surface area contributed by atoms with Crippen molar-refractivity contribution in [2.24, 2.45) is 0 Å². The minimum absolute atomic E-state index is 0.123. The lowest BCUT2D eigenvalue weighted by molar-refractivity contribution is -0.116. The summed E-state index contributed by atoms with van der Waals surface area (Å²) in [6.07, 6.45) is 15.2. The molecule has 0 atom stereocenters. The third-order valence-electron chi connectivity index (χ3n) is 6.34. The summed E-state index contributed by atoms with van der Waals surface area (Å²) in [5, 5.41) is 3.15. The largest absolute Gasteiger partial charge is 0.352 e. The Bertz CT molecular complexity index is 703. The van der Waals surface area contributed by atoms with Crippen molar-refractivity contribution in [3.63, 3.8) is 0 Å². The van der Waals surface area contributed by atoms with E-state index < -0.39 is 0 Å². The number of thiophene rings is 1. The van der Waals surface area contributed by atoms with Crippen LogP contribution in [-0.2, 0) is 23.4 Å². The second-order valence-electron chi connectivity index (χ2n) is 8.23. The Morgan fingerprint density at radius 1 is 1.15 bits per heavy atom. The highest BCUT2D eigenvalue weighted by atomic mass is 32.2. The van der Waals surface area contributed by atoms with Crippen LogP contribution in [0, 0.1) is 0 Å². The van der Waals surface area contributed by atoms with Crippen molar-refractivity contribution in [2.45, 2.75) is 76.0 Å². The number of aryl methyl sites for hydroxylation is 1.